The first-order valence-electron chi connectivity index (χ1n) is 7.72. The third-order valence-corrected chi connectivity index (χ3v) is 4.10. The van der Waals surface area contributed by atoms with Crippen molar-refractivity contribution in [3.63, 3.8) is 0 Å². The van der Waals surface area contributed by atoms with Crippen LogP contribution in [0.4, 0.5) is 0 Å². The Bertz CT molecular complexity index is 333. The Morgan fingerprint density at radius 3 is 2.65 bits per heavy atom. The van der Waals surface area contributed by atoms with Crippen LogP contribution in [-0.4, -0.2) is 37.2 Å². The van der Waals surface area contributed by atoms with Gasteiger partial charge in [-0.25, -0.2) is 4.79 Å². The number of carbonyl (C=O) groups is 2. The molecule has 114 valence electrons. The maximum absolute atomic E-state index is 11.9. The molecule has 2 rings (SSSR count). The predicted octanol–water partition coefficient (Wildman–Crippen LogP) is 1.79. The largest absolute Gasteiger partial charge is 0.458 e. The van der Waals surface area contributed by atoms with Gasteiger partial charge in [0.1, 0.15) is 12.1 Å². The van der Waals surface area contributed by atoms with Gasteiger partial charge >= 0.3 is 5.97 Å². The normalized spacial score (nSPS) is 25.1. The third-order valence-electron chi connectivity index (χ3n) is 4.10. The van der Waals surface area contributed by atoms with Crippen molar-refractivity contribution in [2.75, 3.05) is 13.2 Å². The van der Waals surface area contributed by atoms with Gasteiger partial charge in [-0.15, -0.1) is 0 Å². The van der Waals surface area contributed by atoms with E-state index in [1.54, 1.807) is 6.92 Å². The molecule has 0 unspecified atom stereocenters. The van der Waals surface area contributed by atoms with Gasteiger partial charge in [-0.2, -0.15) is 0 Å². The van der Waals surface area contributed by atoms with E-state index in [1.807, 2.05) is 0 Å². The Morgan fingerprint density at radius 1 is 1.25 bits per heavy atom. The van der Waals surface area contributed by atoms with Gasteiger partial charge in [-0.1, -0.05) is 19.3 Å². The zero-order valence-corrected chi connectivity index (χ0v) is 12.2. The first kappa shape index (κ1) is 15.3. The first-order valence-corrected chi connectivity index (χ1v) is 7.72. The second kappa shape index (κ2) is 7.62. The summed E-state index contributed by atoms with van der Waals surface area (Å²) in [4.78, 5) is 23.8. The third kappa shape index (κ3) is 4.78. The second-order valence-electron chi connectivity index (χ2n) is 5.92. The van der Waals surface area contributed by atoms with Crippen molar-refractivity contribution in [1.29, 1.82) is 0 Å². The smallest absolute Gasteiger partial charge is 0.328 e. The molecule has 1 amide bonds. The highest BCUT2D eigenvalue weighted by atomic mass is 16.6. The minimum Gasteiger partial charge on any atom is -0.458 e. The van der Waals surface area contributed by atoms with Crippen LogP contribution in [-0.2, 0) is 19.1 Å². The highest BCUT2D eigenvalue weighted by molar-refractivity contribution is 5.84. The molecule has 5 nitrogen and oxygen atoms in total. The summed E-state index contributed by atoms with van der Waals surface area (Å²) in [6.45, 7) is 2.78. The molecule has 2 aliphatic rings. The lowest BCUT2D eigenvalue weighted by Crippen LogP contribution is -2.41. The van der Waals surface area contributed by atoms with Gasteiger partial charge in [0.15, 0.2) is 0 Å². The fourth-order valence-corrected chi connectivity index (χ4v) is 2.88. The molecule has 1 N–H and O–H groups in total. The molecule has 0 aromatic carbocycles. The van der Waals surface area contributed by atoms with Crippen molar-refractivity contribution in [2.45, 2.75) is 64.0 Å². The first-order chi connectivity index (χ1) is 9.65. The van der Waals surface area contributed by atoms with E-state index in [1.165, 1.54) is 19.3 Å². The average molecular weight is 283 g/mol. The van der Waals surface area contributed by atoms with Gasteiger partial charge < -0.3 is 14.8 Å². The quantitative estimate of drug-likeness (QED) is 0.781. The molecule has 1 saturated carbocycles. The Morgan fingerprint density at radius 2 is 2.00 bits per heavy atom. The minimum absolute atomic E-state index is 0.0379. The van der Waals surface area contributed by atoms with Crippen molar-refractivity contribution in [3.8, 4) is 0 Å². The lowest BCUT2D eigenvalue weighted by molar-refractivity contribution is -0.152. The highest BCUT2D eigenvalue weighted by Crippen LogP contribution is 2.26. The molecule has 0 radical (unpaired) electrons. The molecule has 2 atom stereocenters. The maximum atomic E-state index is 11.9. The van der Waals surface area contributed by atoms with Crippen molar-refractivity contribution >= 4 is 11.9 Å². The van der Waals surface area contributed by atoms with Crippen LogP contribution in [0.1, 0.15) is 51.9 Å². The molecular formula is C15H25NO4. The number of carbonyl (C=O) groups excluding carboxylic acids is 2. The van der Waals surface area contributed by atoms with E-state index < -0.39 is 6.04 Å². The summed E-state index contributed by atoms with van der Waals surface area (Å²) in [5.74, 6) is 0.0803. The number of hydrogen-bond donors (Lipinski definition) is 1. The molecule has 0 bridgehead atoms. The molecule has 1 aliphatic carbocycles. The predicted molar refractivity (Wildman–Crippen MR) is 74.1 cm³/mol. The van der Waals surface area contributed by atoms with E-state index in [9.17, 15) is 9.59 Å². The lowest BCUT2D eigenvalue weighted by atomic mass is 9.87. The van der Waals surface area contributed by atoms with Crippen LogP contribution < -0.4 is 5.32 Å². The standard InChI is InChI=1S/C15H25NO4/c1-11(15(18)20-13-7-8-19-10-13)16-14(17)9-12-5-3-2-4-6-12/h11-13H,2-10H2,1H3,(H,16,17)/t11-,13+/m1/s1. The lowest BCUT2D eigenvalue weighted by Gasteiger charge is -2.22. The zero-order valence-electron chi connectivity index (χ0n) is 12.2. The summed E-state index contributed by atoms with van der Waals surface area (Å²) in [6.07, 6.45) is 7.11. The number of amides is 1. The molecule has 5 heteroatoms. The van der Waals surface area contributed by atoms with Gasteiger partial charge in [0.2, 0.25) is 5.91 Å². The van der Waals surface area contributed by atoms with Crippen LogP contribution in [0, 0.1) is 5.92 Å². The Hall–Kier alpha value is -1.10. The molecule has 0 aromatic heterocycles. The highest BCUT2D eigenvalue weighted by Gasteiger charge is 2.25. The summed E-state index contributed by atoms with van der Waals surface area (Å²) < 4.78 is 10.4. The van der Waals surface area contributed by atoms with E-state index in [4.69, 9.17) is 9.47 Å². The van der Waals surface area contributed by atoms with Crippen LogP contribution >= 0.6 is 0 Å². The number of esters is 1. The van der Waals surface area contributed by atoms with Gasteiger partial charge in [0, 0.05) is 12.8 Å². The Labute approximate surface area is 120 Å². The summed E-state index contributed by atoms with van der Waals surface area (Å²) >= 11 is 0. The van der Waals surface area contributed by atoms with Gasteiger partial charge in [0.25, 0.3) is 0 Å². The van der Waals surface area contributed by atoms with Crippen molar-refractivity contribution in [1.82, 2.24) is 5.32 Å². The number of hydrogen-bond acceptors (Lipinski definition) is 4. The molecule has 1 saturated heterocycles. The van der Waals surface area contributed by atoms with Crippen molar-refractivity contribution in [3.05, 3.63) is 0 Å². The fourth-order valence-electron chi connectivity index (χ4n) is 2.88. The summed E-state index contributed by atoms with van der Waals surface area (Å²) in [6, 6.07) is -0.577. The Balaban J connectivity index is 1.67. The second-order valence-corrected chi connectivity index (χ2v) is 5.92. The van der Waals surface area contributed by atoms with Crippen LogP contribution in [0.25, 0.3) is 0 Å². The van der Waals surface area contributed by atoms with Crippen LogP contribution in [0.3, 0.4) is 0 Å². The molecule has 2 fully saturated rings. The molecule has 0 spiro atoms. The molecule has 1 aliphatic heterocycles. The van der Waals surface area contributed by atoms with Gasteiger partial charge in [-0.05, 0) is 25.7 Å². The van der Waals surface area contributed by atoms with Crippen LogP contribution in [0.15, 0.2) is 0 Å². The monoisotopic (exact) mass is 283 g/mol. The average Bonchev–Trinajstić information content (AvgIpc) is 2.92. The topological polar surface area (TPSA) is 64.6 Å². The minimum atomic E-state index is -0.577. The summed E-state index contributed by atoms with van der Waals surface area (Å²) in [5, 5.41) is 2.75. The van der Waals surface area contributed by atoms with Crippen LogP contribution in [0.5, 0.6) is 0 Å². The van der Waals surface area contributed by atoms with Crippen molar-refractivity contribution in [2.24, 2.45) is 5.92 Å². The van der Waals surface area contributed by atoms with Crippen LogP contribution in [0.2, 0.25) is 0 Å². The molecule has 20 heavy (non-hydrogen) atoms. The fraction of sp³-hybridized carbons (Fsp3) is 0.867. The molecule has 0 aromatic rings. The molecule has 1 heterocycles. The number of ether oxygens (including phenoxy) is 2. The van der Waals surface area contributed by atoms with Crippen molar-refractivity contribution < 1.29 is 19.1 Å². The maximum Gasteiger partial charge on any atom is 0.328 e. The summed E-state index contributed by atoms with van der Waals surface area (Å²) in [5.41, 5.74) is 0. The van der Waals surface area contributed by atoms with E-state index in [2.05, 4.69) is 5.32 Å². The van der Waals surface area contributed by atoms with Gasteiger partial charge in [-0.3, -0.25) is 4.79 Å². The SMILES string of the molecule is C[C@@H](NC(=O)CC1CCCCC1)C(=O)O[C@H]1CCOC1. The van der Waals surface area contributed by atoms with E-state index in [0.717, 1.165) is 19.3 Å². The number of nitrogens with one attached hydrogen (secondary N) is 1. The Kier molecular flexibility index (Phi) is 5.83. The zero-order chi connectivity index (χ0) is 14.4. The van der Waals surface area contributed by atoms with E-state index >= 15 is 0 Å². The van der Waals surface area contributed by atoms with E-state index in [-0.39, 0.29) is 18.0 Å². The molecular weight excluding hydrogens is 258 g/mol. The number of rotatable bonds is 5. The van der Waals surface area contributed by atoms with Gasteiger partial charge in [0.05, 0.1) is 13.2 Å². The summed E-state index contributed by atoms with van der Waals surface area (Å²) in [7, 11) is 0. The van der Waals surface area contributed by atoms with E-state index in [0.29, 0.717) is 25.6 Å².